The molecule has 1 atom stereocenters. The molecule has 0 bridgehead atoms. The van der Waals surface area contributed by atoms with Gasteiger partial charge in [0.1, 0.15) is 5.75 Å². The topological polar surface area (TPSA) is 131 Å². The highest BCUT2D eigenvalue weighted by atomic mass is 32.2. The van der Waals surface area contributed by atoms with Crippen molar-refractivity contribution < 1.29 is 22.9 Å². The van der Waals surface area contributed by atoms with Gasteiger partial charge in [-0.2, -0.15) is 0 Å². The molecular formula is C24H26N4O6S. The standard InChI is InChI=1S/C24H26N4O6S/c1-27(2)23(18-6-4-8-21(14-18)34-3)16-25-24(29)17-10-12-19(13-11-17)26-35(32,33)22-9-5-7-20(15-22)28(30)31/h4-15,23,26H,16H2,1-3H3,(H,25,29). The van der Waals surface area contributed by atoms with Crippen molar-refractivity contribution in [2.24, 2.45) is 0 Å². The number of non-ortho nitro benzene ring substituents is 1. The van der Waals surface area contributed by atoms with Crippen molar-refractivity contribution in [3.05, 3.63) is 94.0 Å². The summed E-state index contributed by atoms with van der Waals surface area (Å²) in [5.74, 6) is 0.414. The lowest BCUT2D eigenvalue weighted by atomic mass is 10.1. The van der Waals surface area contributed by atoms with Crippen molar-refractivity contribution in [3.63, 3.8) is 0 Å². The molecule has 0 aliphatic carbocycles. The highest BCUT2D eigenvalue weighted by Crippen LogP contribution is 2.23. The van der Waals surface area contributed by atoms with Gasteiger partial charge in [0.2, 0.25) is 0 Å². The van der Waals surface area contributed by atoms with Gasteiger partial charge in [0.25, 0.3) is 21.6 Å². The van der Waals surface area contributed by atoms with E-state index in [0.717, 1.165) is 17.4 Å². The Kier molecular flexibility index (Phi) is 8.05. The van der Waals surface area contributed by atoms with E-state index in [1.807, 2.05) is 43.3 Å². The number of rotatable bonds is 10. The smallest absolute Gasteiger partial charge is 0.270 e. The summed E-state index contributed by atoms with van der Waals surface area (Å²) in [6.45, 7) is 0.347. The largest absolute Gasteiger partial charge is 0.497 e. The average molecular weight is 499 g/mol. The Morgan fingerprint density at radius 1 is 1.06 bits per heavy atom. The van der Waals surface area contributed by atoms with Gasteiger partial charge in [-0.05, 0) is 62.1 Å². The molecule has 3 aromatic carbocycles. The summed E-state index contributed by atoms with van der Waals surface area (Å²) in [5.41, 5.74) is 1.23. The van der Waals surface area contributed by atoms with Crippen LogP contribution in [0.1, 0.15) is 22.0 Å². The number of likely N-dealkylation sites (N-methyl/N-ethyl adjacent to an activating group) is 1. The van der Waals surface area contributed by atoms with Gasteiger partial charge in [-0.15, -0.1) is 0 Å². The molecule has 0 saturated carbocycles. The number of sulfonamides is 1. The van der Waals surface area contributed by atoms with E-state index in [1.165, 1.54) is 42.5 Å². The Hall–Kier alpha value is -3.96. The fourth-order valence-electron chi connectivity index (χ4n) is 3.41. The van der Waals surface area contributed by atoms with Crippen molar-refractivity contribution in [3.8, 4) is 5.75 Å². The van der Waals surface area contributed by atoms with E-state index in [0.29, 0.717) is 12.1 Å². The molecule has 3 aromatic rings. The molecule has 0 saturated heterocycles. The SMILES string of the molecule is COc1cccc(C(CNC(=O)c2ccc(NS(=O)(=O)c3cccc([N+](=O)[O-])c3)cc2)N(C)C)c1. The molecule has 2 N–H and O–H groups in total. The molecule has 1 amide bonds. The predicted octanol–water partition coefficient (Wildman–Crippen LogP) is 3.44. The molecule has 0 aliphatic rings. The number of benzene rings is 3. The zero-order valence-electron chi connectivity index (χ0n) is 19.5. The number of nitro benzene ring substituents is 1. The zero-order valence-corrected chi connectivity index (χ0v) is 20.3. The normalized spacial score (nSPS) is 12.1. The second kappa shape index (κ2) is 11.0. The van der Waals surface area contributed by atoms with Crippen molar-refractivity contribution in [1.82, 2.24) is 10.2 Å². The summed E-state index contributed by atoms with van der Waals surface area (Å²) in [6.07, 6.45) is 0. The summed E-state index contributed by atoms with van der Waals surface area (Å²) in [6, 6.07) is 18.2. The molecule has 184 valence electrons. The Morgan fingerprint density at radius 2 is 1.74 bits per heavy atom. The van der Waals surface area contributed by atoms with E-state index in [9.17, 15) is 23.3 Å². The monoisotopic (exact) mass is 498 g/mol. The van der Waals surface area contributed by atoms with Gasteiger partial charge in [0.05, 0.1) is 23.0 Å². The number of nitrogens with one attached hydrogen (secondary N) is 2. The van der Waals surface area contributed by atoms with E-state index < -0.39 is 14.9 Å². The predicted molar refractivity (Wildman–Crippen MR) is 132 cm³/mol. The maximum atomic E-state index is 12.7. The number of carbonyl (C=O) groups excluding carboxylic acids is 1. The summed E-state index contributed by atoms with van der Waals surface area (Å²) >= 11 is 0. The lowest BCUT2D eigenvalue weighted by molar-refractivity contribution is -0.385. The molecule has 0 fully saturated rings. The number of nitrogens with zero attached hydrogens (tertiary/aromatic N) is 2. The molecule has 0 radical (unpaired) electrons. The maximum absolute atomic E-state index is 12.7. The minimum absolute atomic E-state index is 0.0879. The van der Waals surface area contributed by atoms with Crippen LogP contribution in [0.15, 0.2) is 77.7 Å². The highest BCUT2D eigenvalue weighted by molar-refractivity contribution is 7.92. The van der Waals surface area contributed by atoms with Crippen LogP contribution in [-0.4, -0.2) is 51.9 Å². The van der Waals surface area contributed by atoms with Gasteiger partial charge in [0.15, 0.2) is 0 Å². The first kappa shape index (κ1) is 25.7. The van der Waals surface area contributed by atoms with Crippen LogP contribution in [-0.2, 0) is 10.0 Å². The van der Waals surface area contributed by atoms with Crippen molar-refractivity contribution in [2.45, 2.75) is 10.9 Å². The quantitative estimate of drug-likeness (QED) is 0.323. The number of methoxy groups -OCH3 is 1. The number of ether oxygens (including phenoxy) is 1. The number of amides is 1. The van der Waals surface area contributed by atoms with Crippen LogP contribution in [0.2, 0.25) is 0 Å². The minimum atomic E-state index is -4.04. The fourth-order valence-corrected chi connectivity index (χ4v) is 4.50. The second-order valence-electron chi connectivity index (χ2n) is 7.90. The molecule has 3 rings (SSSR count). The summed E-state index contributed by atoms with van der Waals surface area (Å²) in [4.78, 5) is 24.7. The summed E-state index contributed by atoms with van der Waals surface area (Å²) in [7, 11) is 1.39. The fraction of sp³-hybridized carbons (Fsp3) is 0.208. The van der Waals surface area contributed by atoms with Gasteiger partial charge < -0.3 is 15.0 Å². The van der Waals surface area contributed by atoms with E-state index in [2.05, 4.69) is 10.0 Å². The van der Waals surface area contributed by atoms with Gasteiger partial charge in [0, 0.05) is 29.9 Å². The van der Waals surface area contributed by atoms with Crippen LogP contribution in [0.25, 0.3) is 0 Å². The Balaban J connectivity index is 1.67. The first-order valence-corrected chi connectivity index (χ1v) is 12.0. The lowest BCUT2D eigenvalue weighted by Crippen LogP contribution is -2.34. The van der Waals surface area contributed by atoms with Gasteiger partial charge in [-0.3, -0.25) is 19.6 Å². The summed E-state index contributed by atoms with van der Waals surface area (Å²) < 4.78 is 32.8. The molecule has 0 aliphatic heterocycles. The van der Waals surface area contributed by atoms with E-state index >= 15 is 0 Å². The van der Waals surface area contributed by atoms with Crippen LogP contribution < -0.4 is 14.8 Å². The van der Waals surface area contributed by atoms with Crippen molar-refractivity contribution in [2.75, 3.05) is 32.5 Å². The Morgan fingerprint density at radius 3 is 2.37 bits per heavy atom. The number of carbonyl (C=O) groups is 1. The highest BCUT2D eigenvalue weighted by Gasteiger charge is 2.19. The van der Waals surface area contributed by atoms with Crippen molar-refractivity contribution >= 4 is 27.3 Å². The van der Waals surface area contributed by atoms with Crippen LogP contribution >= 0.6 is 0 Å². The maximum Gasteiger partial charge on any atom is 0.270 e. The molecule has 1 unspecified atom stereocenters. The number of hydrogen-bond donors (Lipinski definition) is 2. The number of hydrogen-bond acceptors (Lipinski definition) is 7. The third-order valence-electron chi connectivity index (χ3n) is 5.30. The van der Waals surface area contributed by atoms with Crippen LogP contribution in [0, 0.1) is 10.1 Å². The van der Waals surface area contributed by atoms with Crippen LogP contribution in [0.5, 0.6) is 5.75 Å². The molecular weight excluding hydrogens is 472 g/mol. The zero-order chi connectivity index (χ0) is 25.6. The molecule has 0 spiro atoms. The second-order valence-corrected chi connectivity index (χ2v) is 9.59. The third kappa shape index (κ3) is 6.55. The third-order valence-corrected chi connectivity index (χ3v) is 6.67. The van der Waals surface area contributed by atoms with E-state index in [4.69, 9.17) is 4.74 Å². The summed E-state index contributed by atoms with van der Waals surface area (Å²) in [5, 5.41) is 13.8. The molecule has 10 nitrogen and oxygen atoms in total. The van der Waals surface area contributed by atoms with E-state index in [1.54, 1.807) is 7.11 Å². The molecule has 11 heteroatoms. The average Bonchev–Trinajstić information content (AvgIpc) is 2.84. The first-order chi connectivity index (χ1) is 16.6. The molecule has 0 heterocycles. The number of anilines is 1. The van der Waals surface area contributed by atoms with Crippen LogP contribution in [0.3, 0.4) is 0 Å². The van der Waals surface area contributed by atoms with Crippen molar-refractivity contribution in [1.29, 1.82) is 0 Å². The Labute approximate surface area is 203 Å². The Bertz CT molecular complexity index is 1310. The lowest BCUT2D eigenvalue weighted by Gasteiger charge is -2.25. The van der Waals surface area contributed by atoms with Crippen LogP contribution in [0.4, 0.5) is 11.4 Å². The van der Waals surface area contributed by atoms with E-state index in [-0.39, 0.29) is 28.2 Å². The van der Waals surface area contributed by atoms with Gasteiger partial charge >= 0.3 is 0 Å². The van der Waals surface area contributed by atoms with Gasteiger partial charge in [-0.25, -0.2) is 8.42 Å². The number of nitro groups is 1. The molecule has 0 aromatic heterocycles. The first-order valence-electron chi connectivity index (χ1n) is 10.6. The molecule has 35 heavy (non-hydrogen) atoms. The van der Waals surface area contributed by atoms with Gasteiger partial charge in [-0.1, -0.05) is 18.2 Å². The minimum Gasteiger partial charge on any atom is -0.497 e.